The SMILES string of the molecule is CCN(C(=O)COC(=O)CCCNC(=O)c1ccco1)C1CCS(=O)(=O)C1. The molecule has 10 heteroatoms. The Morgan fingerprint density at radius 3 is 2.74 bits per heavy atom. The van der Waals surface area contributed by atoms with E-state index in [1.807, 2.05) is 0 Å². The lowest BCUT2D eigenvalue weighted by Gasteiger charge is -2.26. The number of hydrogen-bond donors (Lipinski definition) is 1. The third kappa shape index (κ3) is 6.38. The highest BCUT2D eigenvalue weighted by molar-refractivity contribution is 7.91. The molecule has 0 aromatic carbocycles. The first-order valence-corrected chi connectivity index (χ1v) is 10.6. The molecule has 1 aromatic heterocycles. The average molecular weight is 400 g/mol. The molecule has 1 atom stereocenters. The van der Waals surface area contributed by atoms with Crippen LogP contribution >= 0.6 is 0 Å². The van der Waals surface area contributed by atoms with Crippen molar-refractivity contribution in [2.75, 3.05) is 31.2 Å². The van der Waals surface area contributed by atoms with E-state index in [-0.39, 0.29) is 42.2 Å². The molecule has 1 fully saturated rings. The highest BCUT2D eigenvalue weighted by Gasteiger charge is 2.34. The van der Waals surface area contributed by atoms with Crippen LogP contribution in [0.25, 0.3) is 0 Å². The average Bonchev–Trinajstić information content (AvgIpc) is 3.27. The van der Waals surface area contributed by atoms with E-state index in [1.54, 1.807) is 13.0 Å². The molecule has 1 aliphatic rings. The number of sulfone groups is 1. The number of nitrogens with zero attached hydrogens (tertiary/aromatic N) is 1. The number of rotatable bonds is 9. The first-order valence-electron chi connectivity index (χ1n) is 8.79. The molecular weight excluding hydrogens is 376 g/mol. The van der Waals surface area contributed by atoms with Crippen LogP contribution in [-0.4, -0.2) is 68.3 Å². The van der Waals surface area contributed by atoms with Crippen LogP contribution in [0.1, 0.15) is 36.7 Å². The van der Waals surface area contributed by atoms with Gasteiger partial charge < -0.3 is 19.4 Å². The minimum absolute atomic E-state index is 0.0457. The first kappa shape index (κ1) is 20.9. The van der Waals surface area contributed by atoms with Gasteiger partial charge in [-0.05, 0) is 31.9 Å². The van der Waals surface area contributed by atoms with E-state index in [0.29, 0.717) is 19.4 Å². The Labute approximate surface area is 157 Å². The van der Waals surface area contributed by atoms with E-state index in [2.05, 4.69) is 5.32 Å². The molecule has 0 spiro atoms. The van der Waals surface area contributed by atoms with Crippen molar-refractivity contribution in [3.63, 3.8) is 0 Å². The van der Waals surface area contributed by atoms with Crippen molar-refractivity contribution in [1.82, 2.24) is 10.2 Å². The molecular formula is C17H24N2O7S. The molecule has 150 valence electrons. The molecule has 0 saturated carbocycles. The Bertz CT molecular complexity index is 758. The summed E-state index contributed by atoms with van der Waals surface area (Å²) in [6, 6.07) is 2.77. The molecule has 1 saturated heterocycles. The molecule has 2 amide bonds. The van der Waals surface area contributed by atoms with Gasteiger partial charge in [0.15, 0.2) is 22.2 Å². The molecule has 2 rings (SSSR count). The van der Waals surface area contributed by atoms with Crippen molar-refractivity contribution in [2.45, 2.75) is 32.2 Å². The third-order valence-corrected chi connectivity index (χ3v) is 6.01. The Kier molecular flexibility index (Phi) is 7.40. The molecule has 1 N–H and O–H groups in total. The maximum Gasteiger partial charge on any atom is 0.306 e. The number of amides is 2. The second kappa shape index (κ2) is 9.54. The predicted octanol–water partition coefficient (Wildman–Crippen LogP) is 0.368. The number of carbonyl (C=O) groups excluding carboxylic acids is 3. The van der Waals surface area contributed by atoms with E-state index < -0.39 is 28.3 Å². The number of ether oxygens (including phenoxy) is 1. The summed E-state index contributed by atoms with van der Waals surface area (Å²) in [5.41, 5.74) is 0. The number of esters is 1. The Morgan fingerprint density at radius 2 is 2.15 bits per heavy atom. The van der Waals surface area contributed by atoms with Crippen LogP contribution in [0, 0.1) is 0 Å². The first-order chi connectivity index (χ1) is 12.8. The third-order valence-electron chi connectivity index (χ3n) is 4.26. The number of nitrogens with one attached hydrogen (secondary N) is 1. The molecule has 1 aromatic rings. The van der Waals surface area contributed by atoms with Gasteiger partial charge in [-0.3, -0.25) is 14.4 Å². The normalized spacial score (nSPS) is 18.0. The van der Waals surface area contributed by atoms with E-state index >= 15 is 0 Å². The quantitative estimate of drug-likeness (QED) is 0.469. The van der Waals surface area contributed by atoms with Gasteiger partial charge in [-0.25, -0.2) is 8.42 Å². The number of furan rings is 1. The predicted molar refractivity (Wildman–Crippen MR) is 95.7 cm³/mol. The van der Waals surface area contributed by atoms with Gasteiger partial charge in [0, 0.05) is 25.6 Å². The smallest absolute Gasteiger partial charge is 0.306 e. The summed E-state index contributed by atoms with van der Waals surface area (Å²) in [5, 5.41) is 2.60. The van der Waals surface area contributed by atoms with Crippen molar-refractivity contribution < 1.29 is 32.0 Å². The van der Waals surface area contributed by atoms with Gasteiger partial charge >= 0.3 is 5.97 Å². The maximum absolute atomic E-state index is 12.2. The van der Waals surface area contributed by atoms with Crippen molar-refractivity contribution in [2.24, 2.45) is 0 Å². The molecule has 0 radical (unpaired) electrons. The van der Waals surface area contributed by atoms with Crippen molar-refractivity contribution in [3.8, 4) is 0 Å². The molecule has 0 bridgehead atoms. The van der Waals surface area contributed by atoms with E-state index in [1.165, 1.54) is 17.2 Å². The van der Waals surface area contributed by atoms with Gasteiger partial charge in [-0.2, -0.15) is 0 Å². The summed E-state index contributed by atoms with van der Waals surface area (Å²) < 4.78 is 33.0. The Morgan fingerprint density at radius 1 is 1.37 bits per heavy atom. The monoisotopic (exact) mass is 400 g/mol. The number of hydrogen-bond acceptors (Lipinski definition) is 7. The summed E-state index contributed by atoms with van der Waals surface area (Å²) in [4.78, 5) is 37.0. The molecule has 1 aliphatic heterocycles. The lowest BCUT2D eigenvalue weighted by Crippen LogP contribution is -2.43. The van der Waals surface area contributed by atoms with Crippen LogP contribution in [0.5, 0.6) is 0 Å². The highest BCUT2D eigenvalue weighted by atomic mass is 32.2. The standard InChI is InChI=1S/C17H24N2O7S/c1-2-19(13-7-10-27(23,24)12-13)15(20)11-26-16(21)6-3-8-18-17(22)14-5-4-9-25-14/h4-5,9,13H,2-3,6-8,10-12H2,1H3,(H,18,22). The van der Waals surface area contributed by atoms with E-state index in [9.17, 15) is 22.8 Å². The van der Waals surface area contributed by atoms with Crippen molar-refractivity contribution in [3.05, 3.63) is 24.2 Å². The van der Waals surface area contributed by atoms with Crippen LogP contribution in [0.15, 0.2) is 22.8 Å². The Balaban J connectivity index is 1.65. The van der Waals surface area contributed by atoms with Crippen molar-refractivity contribution >= 4 is 27.6 Å². The van der Waals surface area contributed by atoms with Gasteiger partial charge in [-0.15, -0.1) is 0 Å². The van der Waals surface area contributed by atoms with E-state index in [0.717, 1.165) is 0 Å². The number of carbonyl (C=O) groups is 3. The zero-order chi connectivity index (χ0) is 19.9. The Hall–Kier alpha value is -2.36. The fraction of sp³-hybridized carbons (Fsp3) is 0.588. The summed E-state index contributed by atoms with van der Waals surface area (Å²) in [7, 11) is -3.10. The van der Waals surface area contributed by atoms with Crippen LogP contribution < -0.4 is 5.32 Å². The summed E-state index contributed by atoms with van der Waals surface area (Å²) in [6.07, 6.45) is 2.21. The fourth-order valence-electron chi connectivity index (χ4n) is 2.89. The van der Waals surface area contributed by atoms with Crippen LogP contribution in [-0.2, 0) is 24.2 Å². The van der Waals surface area contributed by atoms with Gasteiger partial charge in [-0.1, -0.05) is 0 Å². The van der Waals surface area contributed by atoms with Crippen LogP contribution in [0.2, 0.25) is 0 Å². The zero-order valence-corrected chi connectivity index (χ0v) is 16.0. The molecule has 2 heterocycles. The number of likely N-dealkylation sites (N-methyl/N-ethyl adjacent to an activating group) is 1. The van der Waals surface area contributed by atoms with Gasteiger partial charge in [0.25, 0.3) is 11.8 Å². The van der Waals surface area contributed by atoms with Crippen LogP contribution in [0.4, 0.5) is 0 Å². The van der Waals surface area contributed by atoms with E-state index in [4.69, 9.17) is 9.15 Å². The lowest BCUT2D eigenvalue weighted by molar-refractivity contribution is -0.152. The fourth-order valence-corrected chi connectivity index (χ4v) is 4.62. The van der Waals surface area contributed by atoms with Gasteiger partial charge in [0.05, 0.1) is 17.8 Å². The topological polar surface area (TPSA) is 123 Å². The summed E-state index contributed by atoms with van der Waals surface area (Å²) in [6.45, 7) is 1.97. The second-order valence-electron chi connectivity index (χ2n) is 6.23. The largest absolute Gasteiger partial charge is 0.459 e. The molecule has 1 unspecified atom stereocenters. The van der Waals surface area contributed by atoms with Crippen LogP contribution in [0.3, 0.4) is 0 Å². The summed E-state index contributed by atoms with van der Waals surface area (Å²) >= 11 is 0. The lowest BCUT2D eigenvalue weighted by atomic mass is 10.2. The molecule has 9 nitrogen and oxygen atoms in total. The minimum Gasteiger partial charge on any atom is -0.459 e. The zero-order valence-electron chi connectivity index (χ0n) is 15.2. The summed E-state index contributed by atoms with van der Waals surface area (Å²) in [5.74, 6) is -1.10. The molecule has 0 aliphatic carbocycles. The minimum atomic E-state index is -3.10. The van der Waals surface area contributed by atoms with Gasteiger partial charge in [0.2, 0.25) is 0 Å². The maximum atomic E-state index is 12.2. The van der Waals surface area contributed by atoms with Gasteiger partial charge in [0.1, 0.15) is 0 Å². The highest BCUT2D eigenvalue weighted by Crippen LogP contribution is 2.17. The second-order valence-corrected chi connectivity index (χ2v) is 8.46. The van der Waals surface area contributed by atoms with Crippen molar-refractivity contribution in [1.29, 1.82) is 0 Å². The molecule has 27 heavy (non-hydrogen) atoms.